The van der Waals surface area contributed by atoms with Crippen molar-refractivity contribution in [2.24, 2.45) is 7.05 Å². The largest absolute Gasteiger partial charge is 0.731 e. The van der Waals surface area contributed by atoms with Crippen LogP contribution >= 0.6 is 0 Å². The molecule has 0 saturated heterocycles. The molecular formula is C11H10N5O3S-. The zero-order chi connectivity index (χ0) is 14.5. The lowest BCUT2D eigenvalue weighted by Crippen LogP contribution is -2.14. The summed E-state index contributed by atoms with van der Waals surface area (Å²) in [5, 5.41) is 0. The van der Waals surface area contributed by atoms with E-state index >= 15 is 0 Å². The molecule has 0 aliphatic carbocycles. The SMILES string of the molecule is Cc1cnc2ccc3c(nc(NS(=O)(=O)[O-])n3C)c2n1. The van der Waals surface area contributed by atoms with Crippen molar-refractivity contribution in [2.45, 2.75) is 6.92 Å². The second-order valence-corrected chi connectivity index (χ2v) is 5.48. The molecule has 2 heterocycles. The van der Waals surface area contributed by atoms with Crippen molar-refractivity contribution in [3.8, 4) is 0 Å². The standard InChI is InChI=1S/C11H11N5O3S/c1-6-5-12-7-3-4-8-10(9(7)13-6)14-11(16(8)2)15-20(17,18)19/h3-5H,1-2H3,(H,14,15)(H,17,18,19)/p-1. The summed E-state index contributed by atoms with van der Waals surface area (Å²) in [5.41, 5.74) is 3.09. The van der Waals surface area contributed by atoms with Crippen LogP contribution < -0.4 is 4.72 Å². The number of rotatable bonds is 2. The summed E-state index contributed by atoms with van der Waals surface area (Å²) < 4.78 is 35.7. The molecule has 3 rings (SSSR count). The van der Waals surface area contributed by atoms with Gasteiger partial charge in [0.05, 0.1) is 16.7 Å². The summed E-state index contributed by atoms with van der Waals surface area (Å²) >= 11 is 0. The molecule has 0 spiro atoms. The van der Waals surface area contributed by atoms with Crippen molar-refractivity contribution >= 4 is 38.3 Å². The summed E-state index contributed by atoms with van der Waals surface area (Å²) in [6.07, 6.45) is 1.64. The maximum absolute atomic E-state index is 10.8. The van der Waals surface area contributed by atoms with Crippen molar-refractivity contribution in [3.05, 3.63) is 24.0 Å². The van der Waals surface area contributed by atoms with E-state index in [1.54, 1.807) is 32.3 Å². The van der Waals surface area contributed by atoms with E-state index in [1.165, 1.54) is 4.57 Å². The average Bonchev–Trinajstić information content (AvgIpc) is 2.65. The van der Waals surface area contributed by atoms with E-state index in [2.05, 4.69) is 15.0 Å². The minimum Gasteiger partial charge on any atom is -0.731 e. The van der Waals surface area contributed by atoms with E-state index in [-0.39, 0.29) is 5.95 Å². The fourth-order valence-electron chi connectivity index (χ4n) is 2.02. The first-order valence-electron chi connectivity index (χ1n) is 5.67. The molecule has 0 bridgehead atoms. The summed E-state index contributed by atoms with van der Waals surface area (Å²) in [6.45, 7) is 1.80. The van der Waals surface area contributed by atoms with Gasteiger partial charge in [-0.1, -0.05) is 0 Å². The predicted molar refractivity (Wildman–Crippen MR) is 71.9 cm³/mol. The number of hydrogen-bond donors (Lipinski definition) is 1. The van der Waals surface area contributed by atoms with Gasteiger partial charge in [-0.15, -0.1) is 0 Å². The van der Waals surface area contributed by atoms with Gasteiger partial charge in [0.1, 0.15) is 11.0 Å². The number of nitrogens with one attached hydrogen (secondary N) is 1. The lowest BCUT2D eigenvalue weighted by Gasteiger charge is -2.08. The van der Waals surface area contributed by atoms with Crippen molar-refractivity contribution in [3.63, 3.8) is 0 Å². The van der Waals surface area contributed by atoms with Crippen LogP contribution in [0.15, 0.2) is 18.3 Å². The van der Waals surface area contributed by atoms with Crippen LogP contribution in [-0.4, -0.2) is 32.5 Å². The topological polar surface area (TPSA) is 113 Å². The number of aryl methyl sites for hydroxylation is 2. The Morgan fingerprint density at radius 2 is 2.00 bits per heavy atom. The van der Waals surface area contributed by atoms with E-state index in [9.17, 15) is 13.0 Å². The molecule has 0 amide bonds. The van der Waals surface area contributed by atoms with Crippen LogP contribution in [0.4, 0.5) is 5.95 Å². The molecule has 0 aliphatic rings. The number of aromatic nitrogens is 4. The summed E-state index contributed by atoms with van der Waals surface area (Å²) in [7, 11) is -3.02. The van der Waals surface area contributed by atoms with Crippen LogP contribution in [0.3, 0.4) is 0 Å². The van der Waals surface area contributed by atoms with E-state index in [0.717, 1.165) is 5.69 Å². The second-order valence-electron chi connectivity index (χ2n) is 4.36. The smallest absolute Gasteiger partial charge is 0.216 e. The molecule has 2 aromatic heterocycles. The highest BCUT2D eigenvalue weighted by Crippen LogP contribution is 2.25. The molecule has 1 N–H and O–H groups in total. The number of nitrogens with zero attached hydrogens (tertiary/aromatic N) is 4. The molecule has 104 valence electrons. The fourth-order valence-corrected chi connectivity index (χ4v) is 2.43. The molecule has 0 saturated carbocycles. The minimum absolute atomic E-state index is 0.0502. The highest BCUT2D eigenvalue weighted by molar-refractivity contribution is 7.87. The van der Waals surface area contributed by atoms with Gasteiger partial charge in [0.2, 0.25) is 5.95 Å². The number of hydrogen-bond acceptors (Lipinski definition) is 6. The number of anilines is 1. The van der Waals surface area contributed by atoms with Crippen molar-refractivity contribution in [1.82, 2.24) is 19.5 Å². The molecule has 0 unspecified atom stereocenters. The molecule has 1 aromatic carbocycles. The average molecular weight is 292 g/mol. The Balaban J connectivity index is 2.35. The van der Waals surface area contributed by atoms with Gasteiger partial charge in [0.25, 0.3) is 0 Å². The number of benzene rings is 1. The third-order valence-electron chi connectivity index (χ3n) is 2.90. The van der Waals surface area contributed by atoms with Crippen molar-refractivity contribution < 1.29 is 13.0 Å². The summed E-state index contributed by atoms with van der Waals surface area (Å²) in [6, 6.07) is 3.51. The van der Waals surface area contributed by atoms with Gasteiger partial charge < -0.3 is 9.12 Å². The monoisotopic (exact) mass is 292 g/mol. The molecule has 8 nitrogen and oxygen atoms in total. The van der Waals surface area contributed by atoms with Gasteiger partial charge in [-0.05, 0) is 19.1 Å². The molecule has 0 aliphatic heterocycles. The third-order valence-corrected chi connectivity index (χ3v) is 3.33. The molecular weight excluding hydrogens is 282 g/mol. The van der Waals surface area contributed by atoms with Gasteiger partial charge in [-0.25, -0.2) is 18.4 Å². The number of fused-ring (bicyclic) bond motifs is 3. The Bertz CT molecular complexity index is 932. The summed E-state index contributed by atoms with van der Waals surface area (Å²) in [4.78, 5) is 12.7. The Labute approximate surface area is 114 Å². The Kier molecular flexibility index (Phi) is 2.63. The molecule has 9 heteroatoms. The zero-order valence-electron chi connectivity index (χ0n) is 10.7. The molecule has 0 radical (unpaired) electrons. The quantitative estimate of drug-likeness (QED) is 0.695. The first-order chi connectivity index (χ1) is 9.35. The van der Waals surface area contributed by atoms with Gasteiger partial charge in [-0.3, -0.25) is 9.71 Å². The van der Waals surface area contributed by atoms with Crippen LogP contribution in [0.25, 0.3) is 22.1 Å². The molecule has 3 aromatic rings. The van der Waals surface area contributed by atoms with Crippen LogP contribution in [-0.2, 0) is 17.4 Å². The van der Waals surface area contributed by atoms with Gasteiger partial charge >= 0.3 is 0 Å². The normalized spacial score (nSPS) is 12.2. The van der Waals surface area contributed by atoms with Crippen molar-refractivity contribution in [2.75, 3.05) is 4.72 Å². The second kappa shape index (κ2) is 4.12. The lowest BCUT2D eigenvalue weighted by molar-refractivity contribution is 0.469. The van der Waals surface area contributed by atoms with Crippen LogP contribution in [0, 0.1) is 6.92 Å². The lowest BCUT2D eigenvalue weighted by atomic mass is 10.2. The van der Waals surface area contributed by atoms with E-state index in [4.69, 9.17) is 0 Å². The maximum atomic E-state index is 10.8. The Morgan fingerprint density at radius 3 is 2.70 bits per heavy atom. The maximum Gasteiger partial charge on any atom is 0.216 e. The number of imidazole rings is 1. The van der Waals surface area contributed by atoms with E-state index in [1.807, 2.05) is 4.72 Å². The van der Waals surface area contributed by atoms with Crippen LogP contribution in [0.5, 0.6) is 0 Å². The van der Waals surface area contributed by atoms with Crippen LogP contribution in [0.2, 0.25) is 0 Å². The van der Waals surface area contributed by atoms with E-state index < -0.39 is 10.3 Å². The molecule has 20 heavy (non-hydrogen) atoms. The van der Waals surface area contributed by atoms with Gasteiger partial charge in [0, 0.05) is 13.2 Å². The van der Waals surface area contributed by atoms with E-state index in [0.29, 0.717) is 22.1 Å². The van der Waals surface area contributed by atoms with Crippen molar-refractivity contribution in [1.29, 1.82) is 0 Å². The molecule has 0 atom stereocenters. The molecule has 0 fully saturated rings. The van der Waals surface area contributed by atoms with Gasteiger partial charge in [0.15, 0.2) is 10.3 Å². The highest BCUT2D eigenvalue weighted by Gasteiger charge is 2.13. The third kappa shape index (κ3) is 2.06. The van der Waals surface area contributed by atoms with Gasteiger partial charge in [-0.2, -0.15) is 0 Å². The van der Waals surface area contributed by atoms with Crippen LogP contribution in [0.1, 0.15) is 5.69 Å². The first kappa shape index (κ1) is 12.8. The minimum atomic E-state index is -4.63. The first-order valence-corrected chi connectivity index (χ1v) is 7.08. The zero-order valence-corrected chi connectivity index (χ0v) is 11.5. The summed E-state index contributed by atoms with van der Waals surface area (Å²) in [5.74, 6) is -0.0502. The predicted octanol–water partition coefficient (Wildman–Crippen LogP) is 0.697. The highest BCUT2D eigenvalue weighted by atomic mass is 32.2. The fraction of sp³-hybridized carbons (Fsp3) is 0.182. The Morgan fingerprint density at radius 1 is 1.25 bits per heavy atom. The Hall–Kier alpha value is -2.26.